The molecule has 1 aliphatic rings. The summed E-state index contributed by atoms with van der Waals surface area (Å²) in [5.74, 6) is 0.727. The van der Waals surface area contributed by atoms with Gasteiger partial charge in [0.05, 0.1) is 5.25 Å². The van der Waals surface area contributed by atoms with Crippen LogP contribution in [0.2, 0.25) is 12.6 Å². The first kappa shape index (κ1) is 17.7. The summed E-state index contributed by atoms with van der Waals surface area (Å²) in [6.45, 7) is 7.41. The first-order valence-electron chi connectivity index (χ1n) is 7.13. The van der Waals surface area contributed by atoms with E-state index in [1.807, 2.05) is 13.8 Å². The molecular weight excluding hydrogens is 294 g/mol. The first-order chi connectivity index (χ1) is 9.43. The molecule has 5 nitrogen and oxygen atoms in total. The Kier molecular flexibility index (Phi) is 7.22. The van der Waals surface area contributed by atoms with E-state index in [0.717, 1.165) is 18.2 Å². The number of nitrogens with zero attached hydrogens (tertiary/aromatic N) is 1. The lowest BCUT2D eigenvalue weighted by Crippen LogP contribution is -2.38. The topological polar surface area (TPSA) is 55.8 Å². The molecule has 7 heteroatoms. The second-order valence-corrected chi connectivity index (χ2v) is 9.61. The Labute approximate surface area is 126 Å². The maximum atomic E-state index is 11.8. The van der Waals surface area contributed by atoms with Gasteiger partial charge in [-0.25, -0.2) is 0 Å². The predicted octanol–water partition coefficient (Wildman–Crippen LogP) is 2.01. The Hall–Kier alpha value is -0.373. The normalized spacial score (nSPS) is 20.0. The molecule has 1 rings (SSSR count). The standard InChI is InChI=1S/C13H25NO4SSi/c1-5-17-20(4,18-6-2)9-7-8-19-11-10-12(15)14(3)13(11)16/h11H,5-10H2,1-4H3. The monoisotopic (exact) mass is 319 g/mol. The second kappa shape index (κ2) is 8.16. The zero-order valence-corrected chi connectivity index (χ0v) is 14.6. The molecule has 0 radical (unpaired) electrons. The van der Waals surface area contributed by atoms with Gasteiger partial charge in [-0.1, -0.05) is 0 Å². The Balaban J connectivity index is 2.30. The van der Waals surface area contributed by atoms with Gasteiger partial charge in [-0.3, -0.25) is 14.5 Å². The van der Waals surface area contributed by atoms with Crippen LogP contribution in [0.5, 0.6) is 0 Å². The molecule has 116 valence electrons. The van der Waals surface area contributed by atoms with Gasteiger partial charge in [0.1, 0.15) is 0 Å². The van der Waals surface area contributed by atoms with Gasteiger partial charge < -0.3 is 8.85 Å². The quantitative estimate of drug-likeness (QED) is 0.370. The molecule has 2 amide bonds. The van der Waals surface area contributed by atoms with Crippen LogP contribution in [0.15, 0.2) is 0 Å². The fraction of sp³-hybridized carbons (Fsp3) is 0.846. The maximum absolute atomic E-state index is 11.8. The summed E-state index contributed by atoms with van der Waals surface area (Å²) < 4.78 is 11.6. The van der Waals surface area contributed by atoms with Crippen LogP contribution in [0.25, 0.3) is 0 Å². The molecule has 1 heterocycles. The summed E-state index contributed by atoms with van der Waals surface area (Å²) >= 11 is 1.58. The summed E-state index contributed by atoms with van der Waals surface area (Å²) in [4.78, 5) is 24.4. The Bertz CT molecular complexity index is 347. The number of likely N-dealkylation sites (tertiary alicyclic amines) is 1. The molecule has 0 aromatic heterocycles. The highest BCUT2D eigenvalue weighted by Gasteiger charge is 2.36. The van der Waals surface area contributed by atoms with E-state index in [4.69, 9.17) is 8.85 Å². The largest absolute Gasteiger partial charge is 0.395 e. The van der Waals surface area contributed by atoms with Crippen molar-refractivity contribution < 1.29 is 18.4 Å². The van der Waals surface area contributed by atoms with Crippen molar-refractivity contribution >= 4 is 32.1 Å². The minimum atomic E-state index is -2.05. The van der Waals surface area contributed by atoms with E-state index in [2.05, 4.69) is 6.55 Å². The van der Waals surface area contributed by atoms with Crippen LogP contribution in [0.4, 0.5) is 0 Å². The molecule has 1 unspecified atom stereocenters. The number of carbonyl (C=O) groups is 2. The van der Waals surface area contributed by atoms with Crippen LogP contribution in [-0.2, 0) is 18.4 Å². The van der Waals surface area contributed by atoms with E-state index < -0.39 is 8.56 Å². The maximum Gasteiger partial charge on any atom is 0.334 e. The van der Waals surface area contributed by atoms with Crippen molar-refractivity contribution in [2.75, 3.05) is 26.0 Å². The van der Waals surface area contributed by atoms with Gasteiger partial charge in [-0.05, 0) is 38.6 Å². The molecule has 1 fully saturated rings. The Morgan fingerprint density at radius 3 is 2.35 bits per heavy atom. The number of carbonyl (C=O) groups excluding carboxylic acids is 2. The highest BCUT2D eigenvalue weighted by molar-refractivity contribution is 8.00. The molecule has 0 aromatic carbocycles. The van der Waals surface area contributed by atoms with Crippen molar-refractivity contribution in [3.63, 3.8) is 0 Å². The fourth-order valence-corrected chi connectivity index (χ4v) is 6.09. The van der Waals surface area contributed by atoms with Crippen LogP contribution in [0.1, 0.15) is 26.7 Å². The molecule has 0 spiro atoms. The molecule has 0 aromatic rings. The third-order valence-corrected chi connectivity index (χ3v) is 7.69. The Morgan fingerprint density at radius 1 is 1.30 bits per heavy atom. The average Bonchev–Trinajstić information content (AvgIpc) is 2.63. The number of rotatable bonds is 9. The van der Waals surface area contributed by atoms with Crippen LogP contribution in [0.3, 0.4) is 0 Å². The van der Waals surface area contributed by atoms with Crippen LogP contribution < -0.4 is 0 Å². The van der Waals surface area contributed by atoms with Crippen molar-refractivity contribution in [2.45, 2.75) is 44.5 Å². The number of amides is 2. The zero-order chi connectivity index (χ0) is 15.2. The smallest absolute Gasteiger partial charge is 0.334 e. The predicted molar refractivity (Wildman–Crippen MR) is 82.9 cm³/mol. The fourth-order valence-electron chi connectivity index (χ4n) is 2.27. The van der Waals surface area contributed by atoms with Crippen LogP contribution in [0, 0.1) is 0 Å². The van der Waals surface area contributed by atoms with E-state index in [1.54, 1.807) is 18.8 Å². The van der Waals surface area contributed by atoms with Gasteiger partial charge in [0, 0.05) is 26.7 Å². The summed E-state index contributed by atoms with van der Waals surface area (Å²) in [7, 11) is -0.491. The minimum absolute atomic E-state index is 0.0605. The first-order valence-corrected chi connectivity index (χ1v) is 10.7. The lowest BCUT2D eigenvalue weighted by atomic mass is 10.4. The Morgan fingerprint density at radius 2 is 1.90 bits per heavy atom. The molecule has 0 saturated carbocycles. The van der Waals surface area contributed by atoms with Crippen LogP contribution >= 0.6 is 11.8 Å². The highest BCUT2D eigenvalue weighted by Crippen LogP contribution is 2.26. The average molecular weight is 319 g/mol. The third kappa shape index (κ3) is 4.87. The van der Waals surface area contributed by atoms with Crippen molar-refractivity contribution in [2.24, 2.45) is 0 Å². The van der Waals surface area contributed by atoms with E-state index in [0.29, 0.717) is 19.6 Å². The summed E-state index contributed by atoms with van der Waals surface area (Å²) in [5, 5.41) is -0.195. The van der Waals surface area contributed by atoms with E-state index in [1.165, 1.54) is 4.90 Å². The lowest BCUT2D eigenvalue weighted by Gasteiger charge is -2.25. The number of hydrogen-bond donors (Lipinski definition) is 0. The summed E-state index contributed by atoms with van der Waals surface area (Å²) in [6, 6.07) is 0.923. The zero-order valence-electron chi connectivity index (χ0n) is 12.8. The van der Waals surface area contributed by atoms with E-state index >= 15 is 0 Å². The van der Waals surface area contributed by atoms with Gasteiger partial charge in [-0.15, -0.1) is 11.8 Å². The number of thioether (sulfide) groups is 1. The molecule has 1 saturated heterocycles. The SMILES string of the molecule is CCO[Si](C)(CCCSC1CC(=O)N(C)C1=O)OCC. The highest BCUT2D eigenvalue weighted by atomic mass is 32.2. The van der Waals surface area contributed by atoms with Gasteiger partial charge >= 0.3 is 8.56 Å². The third-order valence-electron chi connectivity index (χ3n) is 3.33. The molecule has 0 bridgehead atoms. The molecular formula is C13H25NO4SSi. The number of hydrogen-bond acceptors (Lipinski definition) is 5. The molecule has 0 aliphatic carbocycles. The van der Waals surface area contributed by atoms with E-state index in [-0.39, 0.29) is 17.1 Å². The second-order valence-electron chi connectivity index (χ2n) is 4.96. The van der Waals surface area contributed by atoms with Crippen LogP contribution in [-0.4, -0.2) is 56.5 Å². The summed E-state index contributed by atoms with van der Waals surface area (Å²) in [5.41, 5.74) is 0. The number of imide groups is 1. The van der Waals surface area contributed by atoms with Crippen molar-refractivity contribution in [1.82, 2.24) is 4.90 Å². The molecule has 1 atom stereocenters. The molecule has 20 heavy (non-hydrogen) atoms. The molecule has 0 N–H and O–H groups in total. The van der Waals surface area contributed by atoms with Gasteiger partial charge in [0.15, 0.2) is 0 Å². The van der Waals surface area contributed by atoms with Crippen molar-refractivity contribution in [3.8, 4) is 0 Å². The van der Waals surface area contributed by atoms with E-state index in [9.17, 15) is 9.59 Å². The van der Waals surface area contributed by atoms with Crippen molar-refractivity contribution in [3.05, 3.63) is 0 Å². The summed E-state index contributed by atoms with van der Waals surface area (Å²) in [6.07, 6.45) is 1.29. The minimum Gasteiger partial charge on any atom is -0.395 e. The lowest BCUT2D eigenvalue weighted by molar-refractivity contribution is -0.136. The van der Waals surface area contributed by atoms with Gasteiger partial charge in [-0.2, -0.15) is 0 Å². The van der Waals surface area contributed by atoms with Gasteiger partial charge in [0.25, 0.3) is 0 Å². The van der Waals surface area contributed by atoms with Gasteiger partial charge in [0.2, 0.25) is 11.8 Å². The molecule has 1 aliphatic heterocycles. The van der Waals surface area contributed by atoms with Crippen molar-refractivity contribution in [1.29, 1.82) is 0 Å².